The Morgan fingerprint density at radius 3 is 2.70 bits per heavy atom. The van der Waals surface area contributed by atoms with Crippen LogP contribution < -0.4 is 0 Å². The normalized spacial score (nSPS) is 9.80. The molecule has 1 amide bonds. The molecule has 0 radical (unpaired) electrons. The van der Waals surface area contributed by atoms with Crippen LogP contribution in [0.15, 0.2) is 18.2 Å². The molecule has 0 heterocycles. The van der Waals surface area contributed by atoms with Gasteiger partial charge in [-0.3, -0.25) is 4.79 Å². The van der Waals surface area contributed by atoms with Crippen molar-refractivity contribution >= 4 is 5.91 Å². The van der Waals surface area contributed by atoms with Crippen LogP contribution in [0.25, 0.3) is 0 Å². The Labute approximate surface area is 120 Å². The van der Waals surface area contributed by atoms with Crippen LogP contribution >= 0.6 is 0 Å². The molecule has 0 bridgehead atoms. The Morgan fingerprint density at radius 1 is 1.35 bits per heavy atom. The molecule has 0 aromatic heterocycles. The lowest BCUT2D eigenvalue weighted by atomic mass is 10.0. The number of carbonyl (C=O) groups excluding carboxylic acids is 1. The standard InChI is InChI=1S/C16H21NO3/c1-3-17(9-5-11-19)16(20)15-12-14(6-4-10-18)8-7-13(15)2/h7-8,12,18-19H,3,5,9-11H2,1-2H3. The second kappa shape index (κ2) is 8.36. The van der Waals surface area contributed by atoms with Gasteiger partial charge in [0.15, 0.2) is 0 Å². The van der Waals surface area contributed by atoms with Gasteiger partial charge in [0.2, 0.25) is 0 Å². The molecular weight excluding hydrogens is 254 g/mol. The Bertz CT molecular complexity index is 514. The Kier molecular flexibility index (Phi) is 6.78. The first-order valence-electron chi connectivity index (χ1n) is 6.74. The van der Waals surface area contributed by atoms with Gasteiger partial charge in [0.1, 0.15) is 6.61 Å². The van der Waals surface area contributed by atoms with Gasteiger partial charge in [0.25, 0.3) is 5.91 Å². The third-order valence-electron chi connectivity index (χ3n) is 3.03. The van der Waals surface area contributed by atoms with Crippen LogP contribution in [0.3, 0.4) is 0 Å². The highest BCUT2D eigenvalue weighted by atomic mass is 16.3. The third kappa shape index (κ3) is 4.37. The van der Waals surface area contributed by atoms with Gasteiger partial charge in [-0.1, -0.05) is 17.9 Å². The predicted octanol–water partition coefficient (Wildman–Crippen LogP) is 1.18. The van der Waals surface area contributed by atoms with E-state index in [1.54, 1.807) is 11.0 Å². The molecule has 0 aliphatic rings. The first-order chi connectivity index (χ1) is 9.63. The van der Waals surface area contributed by atoms with Crippen LogP contribution in [0.5, 0.6) is 0 Å². The lowest BCUT2D eigenvalue weighted by Crippen LogP contribution is -2.32. The van der Waals surface area contributed by atoms with Crippen molar-refractivity contribution in [3.05, 3.63) is 34.9 Å². The maximum atomic E-state index is 12.5. The summed E-state index contributed by atoms with van der Waals surface area (Å²) in [5, 5.41) is 17.6. The van der Waals surface area contributed by atoms with Crippen molar-refractivity contribution in [3.63, 3.8) is 0 Å². The van der Waals surface area contributed by atoms with Gasteiger partial charge in [-0.25, -0.2) is 0 Å². The van der Waals surface area contributed by atoms with Gasteiger partial charge < -0.3 is 15.1 Å². The summed E-state index contributed by atoms with van der Waals surface area (Å²) in [5.74, 6) is 5.33. The smallest absolute Gasteiger partial charge is 0.254 e. The Morgan fingerprint density at radius 2 is 2.10 bits per heavy atom. The largest absolute Gasteiger partial charge is 0.396 e. The highest BCUT2D eigenvalue weighted by molar-refractivity contribution is 5.96. The zero-order valence-electron chi connectivity index (χ0n) is 12.0. The number of hydrogen-bond acceptors (Lipinski definition) is 3. The van der Waals surface area contributed by atoms with Crippen molar-refractivity contribution in [2.45, 2.75) is 20.3 Å². The van der Waals surface area contributed by atoms with Crippen molar-refractivity contribution in [1.29, 1.82) is 0 Å². The number of aliphatic hydroxyl groups is 2. The summed E-state index contributed by atoms with van der Waals surface area (Å²) in [6.45, 7) is 4.82. The highest BCUT2D eigenvalue weighted by Crippen LogP contribution is 2.14. The number of nitrogens with zero attached hydrogens (tertiary/aromatic N) is 1. The molecule has 108 valence electrons. The van der Waals surface area contributed by atoms with Crippen molar-refractivity contribution in [1.82, 2.24) is 4.90 Å². The number of aliphatic hydroxyl groups excluding tert-OH is 2. The fraction of sp³-hybridized carbons (Fsp3) is 0.438. The fourth-order valence-electron chi connectivity index (χ4n) is 1.91. The van der Waals surface area contributed by atoms with E-state index in [-0.39, 0.29) is 19.1 Å². The molecule has 1 aromatic rings. The average molecular weight is 275 g/mol. The lowest BCUT2D eigenvalue weighted by molar-refractivity contribution is 0.0753. The highest BCUT2D eigenvalue weighted by Gasteiger charge is 2.16. The summed E-state index contributed by atoms with van der Waals surface area (Å²) in [4.78, 5) is 14.2. The second-order valence-electron chi connectivity index (χ2n) is 4.45. The number of benzene rings is 1. The van der Waals surface area contributed by atoms with Crippen molar-refractivity contribution in [2.75, 3.05) is 26.3 Å². The van der Waals surface area contributed by atoms with Crippen molar-refractivity contribution in [2.24, 2.45) is 0 Å². The minimum atomic E-state index is -0.200. The van der Waals surface area contributed by atoms with E-state index >= 15 is 0 Å². The summed E-state index contributed by atoms with van der Waals surface area (Å²) < 4.78 is 0. The van der Waals surface area contributed by atoms with E-state index in [1.807, 2.05) is 26.0 Å². The molecule has 0 fully saturated rings. The van der Waals surface area contributed by atoms with Gasteiger partial charge in [-0.05, 0) is 38.0 Å². The molecule has 0 saturated heterocycles. The van der Waals surface area contributed by atoms with E-state index in [4.69, 9.17) is 10.2 Å². The molecule has 0 unspecified atom stereocenters. The predicted molar refractivity (Wildman–Crippen MR) is 78.4 cm³/mol. The summed E-state index contributed by atoms with van der Waals surface area (Å²) in [6, 6.07) is 5.44. The lowest BCUT2D eigenvalue weighted by Gasteiger charge is -2.21. The van der Waals surface area contributed by atoms with E-state index in [2.05, 4.69) is 11.8 Å². The van der Waals surface area contributed by atoms with Gasteiger partial charge >= 0.3 is 0 Å². The maximum absolute atomic E-state index is 12.5. The minimum absolute atomic E-state index is 0.0499. The van der Waals surface area contributed by atoms with Gasteiger partial charge in [0.05, 0.1) is 0 Å². The number of aryl methyl sites for hydroxylation is 1. The molecule has 4 heteroatoms. The van der Waals surface area contributed by atoms with Crippen LogP contribution in [0.4, 0.5) is 0 Å². The molecule has 0 spiro atoms. The zero-order valence-corrected chi connectivity index (χ0v) is 12.0. The molecule has 0 aliphatic heterocycles. The second-order valence-corrected chi connectivity index (χ2v) is 4.45. The van der Waals surface area contributed by atoms with Gasteiger partial charge in [-0.2, -0.15) is 0 Å². The molecular formula is C16H21NO3. The van der Waals surface area contributed by atoms with Crippen molar-refractivity contribution < 1.29 is 15.0 Å². The van der Waals surface area contributed by atoms with Crippen LogP contribution in [-0.4, -0.2) is 47.3 Å². The quantitative estimate of drug-likeness (QED) is 0.793. The molecule has 1 rings (SSSR count). The maximum Gasteiger partial charge on any atom is 0.254 e. The zero-order chi connectivity index (χ0) is 15.0. The minimum Gasteiger partial charge on any atom is -0.396 e. The molecule has 0 aliphatic carbocycles. The molecule has 1 aromatic carbocycles. The molecule has 0 atom stereocenters. The summed E-state index contributed by atoms with van der Waals surface area (Å²) in [5.41, 5.74) is 2.23. The van der Waals surface area contributed by atoms with E-state index in [1.165, 1.54) is 0 Å². The average Bonchev–Trinajstić information content (AvgIpc) is 2.47. The number of carbonyl (C=O) groups is 1. The molecule has 0 saturated carbocycles. The van der Waals surface area contributed by atoms with Gasteiger partial charge in [-0.15, -0.1) is 0 Å². The third-order valence-corrected chi connectivity index (χ3v) is 3.03. The Hall–Kier alpha value is -1.83. The topological polar surface area (TPSA) is 60.8 Å². The molecule has 20 heavy (non-hydrogen) atoms. The van der Waals surface area contributed by atoms with Crippen LogP contribution in [0.2, 0.25) is 0 Å². The van der Waals surface area contributed by atoms with Gasteiger partial charge in [0, 0.05) is 30.8 Å². The number of hydrogen-bond donors (Lipinski definition) is 2. The molecule has 4 nitrogen and oxygen atoms in total. The van der Waals surface area contributed by atoms with Crippen molar-refractivity contribution in [3.8, 4) is 11.8 Å². The van der Waals surface area contributed by atoms with E-state index < -0.39 is 0 Å². The van der Waals surface area contributed by atoms with E-state index in [9.17, 15) is 4.79 Å². The van der Waals surface area contributed by atoms with Crippen LogP contribution in [-0.2, 0) is 0 Å². The van der Waals surface area contributed by atoms with Crippen LogP contribution in [0, 0.1) is 18.8 Å². The first kappa shape index (κ1) is 16.2. The first-order valence-corrected chi connectivity index (χ1v) is 6.74. The summed E-state index contributed by atoms with van der Waals surface area (Å²) in [6.07, 6.45) is 0.572. The number of amides is 1. The number of rotatable bonds is 5. The summed E-state index contributed by atoms with van der Waals surface area (Å²) >= 11 is 0. The monoisotopic (exact) mass is 275 g/mol. The van der Waals surface area contributed by atoms with E-state index in [0.29, 0.717) is 30.6 Å². The summed E-state index contributed by atoms with van der Waals surface area (Å²) in [7, 11) is 0. The molecule has 2 N–H and O–H groups in total. The Balaban J connectivity index is 3.00. The SMILES string of the molecule is CCN(CCCO)C(=O)c1cc(C#CCO)ccc1C. The fourth-order valence-corrected chi connectivity index (χ4v) is 1.91. The van der Waals surface area contributed by atoms with Crippen LogP contribution in [0.1, 0.15) is 34.8 Å². The van der Waals surface area contributed by atoms with E-state index in [0.717, 1.165) is 5.56 Å².